The minimum Gasteiger partial charge on any atom is -0.389 e. The molecule has 0 fully saturated rings. The molecule has 0 radical (unpaired) electrons. The van der Waals surface area contributed by atoms with E-state index in [1.165, 1.54) is 6.07 Å². The summed E-state index contributed by atoms with van der Waals surface area (Å²) in [5, 5.41) is 3.42. The number of halogens is 3. The molecule has 0 aliphatic carbocycles. The van der Waals surface area contributed by atoms with Gasteiger partial charge in [0.25, 0.3) is 0 Å². The van der Waals surface area contributed by atoms with E-state index in [1.807, 2.05) is 0 Å². The molecule has 2 N–H and O–H groups in total. The summed E-state index contributed by atoms with van der Waals surface area (Å²) in [6.07, 6.45) is -4.37. The van der Waals surface area contributed by atoms with Gasteiger partial charge in [0.05, 0.1) is 5.56 Å². The number of nitrogens with two attached hydrogens (primary N) is 1. The fourth-order valence-corrected chi connectivity index (χ4v) is 1.34. The van der Waals surface area contributed by atoms with Gasteiger partial charge in [-0.15, -0.1) is 0 Å². The molecule has 1 aliphatic rings. The fourth-order valence-electron chi connectivity index (χ4n) is 1.34. The van der Waals surface area contributed by atoms with E-state index in [2.05, 4.69) is 5.16 Å². The van der Waals surface area contributed by atoms with Crippen LogP contribution in [0.25, 0.3) is 0 Å². The van der Waals surface area contributed by atoms with Crippen molar-refractivity contribution in [2.75, 3.05) is 0 Å². The Hall–Kier alpha value is -1.72. The van der Waals surface area contributed by atoms with Crippen molar-refractivity contribution in [2.24, 2.45) is 10.9 Å². The number of hydrogen-bond donors (Lipinski definition) is 1. The van der Waals surface area contributed by atoms with Crippen molar-refractivity contribution in [1.29, 1.82) is 0 Å². The lowest BCUT2D eigenvalue weighted by Crippen LogP contribution is -2.21. The molecule has 0 atom stereocenters. The van der Waals surface area contributed by atoms with Crippen LogP contribution in [-0.4, -0.2) is 5.84 Å². The Morgan fingerprint density at radius 3 is 2.73 bits per heavy atom. The van der Waals surface area contributed by atoms with Crippen molar-refractivity contribution >= 4 is 5.84 Å². The third-order valence-electron chi connectivity index (χ3n) is 2.10. The largest absolute Gasteiger partial charge is 0.416 e. The first-order valence-electron chi connectivity index (χ1n) is 4.14. The van der Waals surface area contributed by atoms with Crippen LogP contribution in [0.15, 0.2) is 23.4 Å². The summed E-state index contributed by atoms with van der Waals surface area (Å²) in [4.78, 5) is 4.72. The first kappa shape index (κ1) is 9.82. The topological polar surface area (TPSA) is 47.6 Å². The van der Waals surface area contributed by atoms with Gasteiger partial charge in [-0.05, 0) is 12.1 Å². The molecule has 0 bridgehead atoms. The summed E-state index contributed by atoms with van der Waals surface area (Å²) in [5.41, 5.74) is 5.58. The number of benzene rings is 1. The fraction of sp³-hybridized carbons (Fsp3) is 0.222. The molecule has 2 rings (SSSR count). The summed E-state index contributed by atoms with van der Waals surface area (Å²) < 4.78 is 37.1. The SMILES string of the molecule is NC1=NOCc2ccc(C(F)(F)F)cc21. The highest BCUT2D eigenvalue weighted by Gasteiger charge is 2.31. The predicted molar refractivity (Wildman–Crippen MR) is 47.0 cm³/mol. The molecule has 0 aromatic heterocycles. The van der Waals surface area contributed by atoms with E-state index in [9.17, 15) is 13.2 Å². The monoisotopic (exact) mass is 216 g/mol. The highest BCUT2D eigenvalue weighted by molar-refractivity contribution is 5.99. The molecule has 0 unspecified atom stereocenters. The summed E-state index contributed by atoms with van der Waals surface area (Å²) in [6.45, 7) is 0.147. The van der Waals surface area contributed by atoms with E-state index in [0.717, 1.165) is 12.1 Å². The predicted octanol–water partition coefficient (Wildman–Crippen LogP) is 1.86. The van der Waals surface area contributed by atoms with E-state index < -0.39 is 11.7 Å². The maximum absolute atomic E-state index is 12.4. The van der Waals surface area contributed by atoms with Gasteiger partial charge >= 0.3 is 6.18 Å². The van der Waals surface area contributed by atoms with Crippen LogP contribution in [0, 0.1) is 0 Å². The molecule has 80 valence electrons. The molecule has 0 spiro atoms. The maximum atomic E-state index is 12.4. The third-order valence-corrected chi connectivity index (χ3v) is 2.10. The minimum atomic E-state index is -4.37. The van der Waals surface area contributed by atoms with Crippen LogP contribution in [0.5, 0.6) is 0 Å². The quantitative estimate of drug-likeness (QED) is 0.719. The lowest BCUT2D eigenvalue weighted by Gasteiger charge is -2.15. The third kappa shape index (κ3) is 1.74. The first-order chi connectivity index (χ1) is 6.98. The minimum absolute atomic E-state index is 0.0256. The van der Waals surface area contributed by atoms with Gasteiger partial charge in [-0.1, -0.05) is 11.2 Å². The molecule has 0 saturated heterocycles. The van der Waals surface area contributed by atoms with Crippen molar-refractivity contribution in [2.45, 2.75) is 12.8 Å². The number of amidine groups is 1. The normalized spacial score (nSPS) is 15.3. The van der Waals surface area contributed by atoms with Gasteiger partial charge in [0.15, 0.2) is 5.84 Å². The number of alkyl halides is 3. The van der Waals surface area contributed by atoms with Gasteiger partial charge < -0.3 is 10.6 Å². The second-order valence-corrected chi connectivity index (χ2v) is 3.12. The average Bonchev–Trinajstić information content (AvgIpc) is 2.16. The summed E-state index contributed by atoms with van der Waals surface area (Å²) in [7, 11) is 0. The second kappa shape index (κ2) is 3.15. The zero-order chi connectivity index (χ0) is 11.1. The molecule has 3 nitrogen and oxygen atoms in total. The number of hydrogen-bond acceptors (Lipinski definition) is 3. The van der Waals surface area contributed by atoms with E-state index in [0.29, 0.717) is 5.56 Å². The lowest BCUT2D eigenvalue weighted by molar-refractivity contribution is -0.137. The van der Waals surface area contributed by atoms with Crippen LogP contribution in [-0.2, 0) is 17.6 Å². The molecule has 1 aromatic carbocycles. The van der Waals surface area contributed by atoms with Crippen LogP contribution in [0.3, 0.4) is 0 Å². The van der Waals surface area contributed by atoms with Crippen molar-refractivity contribution < 1.29 is 18.0 Å². The number of nitrogens with zero attached hydrogens (tertiary/aromatic N) is 1. The van der Waals surface area contributed by atoms with Gasteiger partial charge in [-0.25, -0.2) is 0 Å². The number of oxime groups is 1. The van der Waals surface area contributed by atoms with E-state index in [-0.39, 0.29) is 18.0 Å². The van der Waals surface area contributed by atoms with Crippen molar-refractivity contribution in [3.63, 3.8) is 0 Å². The summed E-state index contributed by atoms with van der Waals surface area (Å²) in [5.74, 6) is -0.0256. The van der Waals surface area contributed by atoms with Crippen LogP contribution < -0.4 is 5.73 Å². The highest BCUT2D eigenvalue weighted by Crippen LogP contribution is 2.31. The van der Waals surface area contributed by atoms with E-state index in [1.54, 1.807) is 0 Å². The maximum Gasteiger partial charge on any atom is 0.416 e. The molecule has 15 heavy (non-hydrogen) atoms. The molecular weight excluding hydrogens is 209 g/mol. The highest BCUT2D eigenvalue weighted by atomic mass is 19.4. The first-order valence-corrected chi connectivity index (χ1v) is 4.14. The Balaban J connectivity index is 2.51. The van der Waals surface area contributed by atoms with Gasteiger partial charge in [0, 0.05) is 11.1 Å². The number of rotatable bonds is 0. The Bertz CT molecular complexity index is 426. The lowest BCUT2D eigenvalue weighted by atomic mass is 10.0. The van der Waals surface area contributed by atoms with Gasteiger partial charge in [0.1, 0.15) is 6.61 Å². The smallest absolute Gasteiger partial charge is 0.389 e. The number of fused-ring (bicyclic) bond motifs is 1. The summed E-state index contributed by atoms with van der Waals surface area (Å²) >= 11 is 0. The van der Waals surface area contributed by atoms with Crippen molar-refractivity contribution in [3.8, 4) is 0 Å². The summed E-state index contributed by atoms with van der Waals surface area (Å²) in [6, 6.07) is 3.33. The molecule has 1 aliphatic heterocycles. The standard InChI is InChI=1S/C9H7F3N2O/c10-9(11,12)6-2-1-5-4-15-14-8(13)7(5)3-6/h1-3H,4H2,(H2,13,14). The van der Waals surface area contributed by atoms with Crippen LogP contribution in [0.4, 0.5) is 13.2 Å². The molecule has 1 heterocycles. The van der Waals surface area contributed by atoms with Gasteiger partial charge in [0.2, 0.25) is 0 Å². The van der Waals surface area contributed by atoms with Gasteiger partial charge in [-0.2, -0.15) is 13.2 Å². The van der Waals surface area contributed by atoms with E-state index in [4.69, 9.17) is 10.6 Å². The second-order valence-electron chi connectivity index (χ2n) is 3.12. The van der Waals surface area contributed by atoms with Crippen molar-refractivity contribution in [3.05, 3.63) is 34.9 Å². The van der Waals surface area contributed by atoms with Crippen LogP contribution in [0.1, 0.15) is 16.7 Å². The zero-order valence-electron chi connectivity index (χ0n) is 7.51. The van der Waals surface area contributed by atoms with E-state index >= 15 is 0 Å². The average molecular weight is 216 g/mol. The molecule has 0 saturated carbocycles. The Morgan fingerprint density at radius 2 is 2.07 bits per heavy atom. The van der Waals surface area contributed by atoms with Crippen LogP contribution in [0.2, 0.25) is 0 Å². The Kier molecular flexibility index (Phi) is 2.06. The van der Waals surface area contributed by atoms with Crippen molar-refractivity contribution in [1.82, 2.24) is 0 Å². The van der Waals surface area contributed by atoms with Gasteiger partial charge in [-0.3, -0.25) is 0 Å². The molecule has 6 heteroatoms. The molecule has 1 aromatic rings. The zero-order valence-corrected chi connectivity index (χ0v) is 7.51. The van der Waals surface area contributed by atoms with Crippen LogP contribution >= 0.6 is 0 Å². The Morgan fingerprint density at radius 1 is 1.33 bits per heavy atom. The molecule has 0 amide bonds. The Labute approximate surface area is 83.3 Å². The molecular formula is C9H7F3N2O.